The molecule has 0 saturated heterocycles. The number of hydrogen-bond donors (Lipinski definition) is 3. The molecule has 4 aromatic rings. The largest absolute Gasteiger partial charge is 0.496 e. The third-order valence-corrected chi connectivity index (χ3v) is 5.21. The fourth-order valence-electron chi connectivity index (χ4n) is 3.34. The zero-order valence-electron chi connectivity index (χ0n) is 16.2. The predicted octanol–water partition coefficient (Wildman–Crippen LogP) is 4.14. The van der Waals surface area contributed by atoms with Crippen molar-refractivity contribution >= 4 is 34.4 Å². The van der Waals surface area contributed by atoms with E-state index in [0.717, 1.165) is 22.3 Å². The summed E-state index contributed by atoms with van der Waals surface area (Å²) in [6.07, 6.45) is 4.79. The number of imidazole rings is 1. The van der Waals surface area contributed by atoms with Crippen molar-refractivity contribution in [2.75, 3.05) is 18.2 Å². The van der Waals surface area contributed by atoms with E-state index in [0.29, 0.717) is 33.6 Å². The molecule has 0 aliphatic heterocycles. The van der Waals surface area contributed by atoms with Crippen molar-refractivity contribution in [3.05, 3.63) is 53.2 Å². The molecule has 0 amide bonds. The summed E-state index contributed by atoms with van der Waals surface area (Å²) in [7, 11) is 1.64. The van der Waals surface area contributed by atoms with Crippen LogP contribution in [0, 0.1) is 6.92 Å². The van der Waals surface area contributed by atoms with E-state index in [9.17, 15) is 0 Å². The highest BCUT2D eigenvalue weighted by Gasteiger charge is 2.22. The van der Waals surface area contributed by atoms with Gasteiger partial charge in [0.2, 0.25) is 0 Å². The number of aromatic nitrogens is 5. The van der Waals surface area contributed by atoms with Gasteiger partial charge in [0.25, 0.3) is 0 Å². The summed E-state index contributed by atoms with van der Waals surface area (Å²) >= 11 is 6.58. The molecular formula is C20H20ClN7O. The lowest BCUT2D eigenvalue weighted by Gasteiger charge is -2.22. The zero-order chi connectivity index (χ0) is 20.5. The molecule has 0 aliphatic rings. The quantitative estimate of drug-likeness (QED) is 0.453. The van der Waals surface area contributed by atoms with Crippen LogP contribution in [0.25, 0.3) is 22.3 Å². The minimum atomic E-state index is -0.168. The first-order valence-electron chi connectivity index (χ1n) is 8.99. The molecule has 0 radical (unpaired) electrons. The lowest BCUT2D eigenvalue weighted by molar-refractivity contribution is 0.409. The van der Waals surface area contributed by atoms with Crippen LogP contribution in [-0.4, -0.2) is 32.0 Å². The molecule has 8 nitrogen and oxygen atoms in total. The lowest BCUT2D eigenvalue weighted by atomic mass is 9.94. The standard InChI is InChI=1S/C20H20ClN7O/c1-10-14(21)6-13(18(29-3)16(10)12-4-5-15(22)23-7-12)11(2)28-20-17-19(25-8-24-17)26-9-27-20/h4-9,11H,1-3H3,(H2,22,23)(H2,24,25,26,27,28). The molecule has 3 aromatic heterocycles. The van der Waals surface area contributed by atoms with Gasteiger partial charge >= 0.3 is 0 Å². The maximum atomic E-state index is 6.58. The van der Waals surface area contributed by atoms with Crippen molar-refractivity contribution in [1.29, 1.82) is 0 Å². The zero-order valence-corrected chi connectivity index (χ0v) is 16.9. The van der Waals surface area contributed by atoms with Crippen LogP contribution in [0.3, 0.4) is 0 Å². The van der Waals surface area contributed by atoms with E-state index in [1.54, 1.807) is 25.7 Å². The number of anilines is 2. The maximum absolute atomic E-state index is 6.58. The molecule has 0 saturated carbocycles. The number of nitrogens with one attached hydrogen (secondary N) is 2. The molecule has 148 valence electrons. The molecule has 0 bridgehead atoms. The van der Waals surface area contributed by atoms with Crippen molar-refractivity contribution in [3.63, 3.8) is 0 Å². The minimum absolute atomic E-state index is 0.168. The van der Waals surface area contributed by atoms with Crippen LogP contribution in [0.5, 0.6) is 5.75 Å². The monoisotopic (exact) mass is 409 g/mol. The predicted molar refractivity (Wildman–Crippen MR) is 114 cm³/mol. The van der Waals surface area contributed by atoms with Gasteiger partial charge in [0, 0.05) is 27.9 Å². The van der Waals surface area contributed by atoms with Crippen LogP contribution in [0.4, 0.5) is 11.6 Å². The molecule has 29 heavy (non-hydrogen) atoms. The van der Waals surface area contributed by atoms with Gasteiger partial charge in [-0.05, 0) is 37.6 Å². The molecule has 0 fully saturated rings. The van der Waals surface area contributed by atoms with Crippen molar-refractivity contribution in [1.82, 2.24) is 24.9 Å². The van der Waals surface area contributed by atoms with Crippen molar-refractivity contribution < 1.29 is 4.74 Å². The van der Waals surface area contributed by atoms with Gasteiger partial charge in [0.05, 0.1) is 19.5 Å². The highest BCUT2D eigenvalue weighted by Crippen LogP contribution is 2.42. The Morgan fingerprint density at radius 1 is 1.21 bits per heavy atom. The van der Waals surface area contributed by atoms with Gasteiger partial charge in [-0.3, -0.25) is 0 Å². The van der Waals surface area contributed by atoms with Gasteiger partial charge < -0.3 is 20.8 Å². The number of ether oxygens (including phenoxy) is 1. The van der Waals surface area contributed by atoms with Crippen molar-refractivity contribution in [2.24, 2.45) is 0 Å². The van der Waals surface area contributed by atoms with E-state index >= 15 is 0 Å². The van der Waals surface area contributed by atoms with Crippen LogP contribution < -0.4 is 15.8 Å². The molecule has 0 spiro atoms. The smallest absolute Gasteiger partial charge is 0.162 e. The molecule has 0 aliphatic carbocycles. The fraction of sp³-hybridized carbons (Fsp3) is 0.200. The summed E-state index contributed by atoms with van der Waals surface area (Å²) in [5, 5.41) is 4.02. The lowest BCUT2D eigenvalue weighted by Crippen LogP contribution is -2.11. The third-order valence-electron chi connectivity index (χ3n) is 4.82. The van der Waals surface area contributed by atoms with Gasteiger partial charge in [-0.15, -0.1) is 0 Å². The number of nitrogens with zero attached hydrogens (tertiary/aromatic N) is 4. The molecule has 1 atom stereocenters. The van der Waals surface area contributed by atoms with Crippen LogP contribution in [0.1, 0.15) is 24.1 Å². The van der Waals surface area contributed by atoms with Crippen molar-refractivity contribution in [3.8, 4) is 16.9 Å². The minimum Gasteiger partial charge on any atom is -0.496 e. The van der Waals surface area contributed by atoms with E-state index < -0.39 is 0 Å². The molecule has 4 rings (SSSR count). The second-order valence-corrected chi connectivity index (χ2v) is 7.05. The average molecular weight is 410 g/mol. The van der Waals surface area contributed by atoms with Crippen LogP contribution >= 0.6 is 11.6 Å². The van der Waals surface area contributed by atoms with E-state index in [1.807, 2.05) is 26.0 Å². The Labute approximate surface area is 172 Å². The van der Waals surface area contributed by atoms with Crippen molar-refractivity contribution in [2.45, 2.75) is 19.9 Å². The number of pyridine rings is 1. The third kappa shape index (κ3) is 3.42. The number of fused-ring (bicyclic) bond motifs is 1. The molecule has 9 heteroatoms. The number of methoxy groups -OCH3 is 1. The van der Waals surface area contributed by atoms with Gasteiger partial charge in [-0.25, -0.2) is 19.9 Å². The van der Waals surface area contributed by atoms with Gasteiger partial charge in [-0.2, -0.15) is 0 Å². The molecule has 1 aromatic carbocycles. The summed E-state index contributed by atoms with van der Waals surface area (Å²) in [5.74, 6) is 1.79. The maximum Gasteiger partial charge on any atom is 0.162 e. The van der Waals surface area contributed by atoms with Gasteiger partial charge in [0.1, 0.15) is 23.4 Å². The Morgan fingerprint density at radius 3 is 2.76 bits per heavy atom. The number of aromatic amines is 1. The number of nitrogen functional groups attached to an aromatic ring is 1. The Kier molecular flexibility index (Phi) is 4.94. The highest BCUT2D eigenvalue weighted by atomic mass is 35.5. The summed E-state index contributed by atoms with van der Waals surface area (Å²) in [5.41, 5.74) is 10.6. The van der Waals surface area contributed by atoms with E-state index in [1.165, 1.54) is 6.33 Å². The molecule has 4 N–H and O–H groups in total. The second-order valence-electron chi connectivity index (χ2n) is 6.64. The topological polar surface area (TPSA) is 115 Å². The molecule has 3 heterocycles. The first-order chi connectivity index (χ1) is 14.0. The summed E-state index contributed by atoms with van der Waals surface area (Å²) in [4.78, 5) is 20.0. The summed E-state index contributed by atoms with van der Waals surface area (Å²) < 4.78 is 5.82. The van der Waals surface area contributed by atoms with Gasteiger partial charge in [0.15, 0.2) is 11.5 Å². The fourth-order valence-corrected chi connectivity index (χ4v) is 3.55. The summed E-state index contributed by atoms with van der Waals surface area (Å²) in [6.45, 7) is 3.96. The van der Waals surface area contributed by atoms with Crippen LogP contribution in [0.2, 0.25) is 5.02 Å². The Balaban J connectivity index is 1.81. The number of rotatable bonds is 5. The number of nitrogens with two attached hydrogens (primary N) is 1. The number of hydrogen-bond acceptors (Lipinski definition) is 7. The second kappa shape index (κ2) is 7.56. The molecular weight excluding hydrogens is 390 g/mol. The number of benzene rings is 1. The Bertz CT molecular complexity index is 1170. The highest BCUT2D eigenvalue weighted by molar-refractivity contribution is 6.32. The van der Waals surface area contributed by atoms with Crippen LogP contribution in [0.15, 0.2) is 37.1 Å². The Morgan fingerprint density at radius 2 is 2.03 bits per heavy atom. The first kappa shape index (κ1) is 18.9. The average Bonchev–Trinajstić information content (AvgIpc) is 3.20. The number of halogens is 1. The van der Waals surface area contributed by atoms with Crippen LogP contribution in [-0.2, 0) is 0 Å². The molecule has 1 unspecified atom stereocenters. The normalized spacial score (nSPS) is 12.1. The van der Waals surface area contributed by atoms with E-state index in [4.69, 9.17) is 22.1 Å². The van der Waals surface area contributed by atoms with Gasteiger partial charge in [-0.1, -0.05) is 11.6 Å². The first-order valence-corrected chi connectivity index (χ1v) is 9.37. The van der Waals surface area contributed by atoms with E-state index in [2.05, 4.69) is 30.2 Å². The number of H-pyrrole nitrogens is 1. The SMILES string of the molecule is COc1c(C(C)Nc2ncnc3[nH]cnc23)cc(Cl)c(C)c1-c1ccc(N)nc1. The summed E-state index contributed by atoms with van der Waals surface area (Å²) in [6, 6.07) is 5.40. The Hall–Kier alpha value is -3.39. The van der Waals surface area contributed by atoms with E-state index in [-0.39, 0.29) is 6.04 Å².